The molecular formula is C8H5IO3. The number of carbonyl (C=O) groups is 1. The quantitative estimate of drug-likeness (QED) is 0.579. The second-order valence-corrected chi connectivity index (χ2v) is 3.58. The Hall–Kier alpha value is -0.780. The van der Waals surface area contributed by atoms with Gasteiger partial charge < -0.3 is 9.84 Å². The highest BCUT2D eigenvalue weighted by Crippen LogP contribution is 2.30. The number of esters is 1. The number of benzene rings is 1. The molecule has 0 radical (unpaired) electrons. The van der Waals surface area contributed by atoms with E-state index in [9.17, 15) is 9.90 Å². The zero-order valence-corrected chi connectivity index (χ0v) is 8.16. The second-order valence-electron chi connectivity index (χ2n) is 2.50. The molecule has 62 valence electrons. The minimum absolute atomic E-state index is 0.202. The van der Waals surface area contributed by atoms with E-state index >= 15 is 0 Å². The van der Waals surface area contributed by atoms with Crippen LogP contribution in [0.4, 0.5) is 0 Å². The molecule has 0 saturated carbocycles. The van der Waals surface area contributed by atoms with Crippen molar-refractivity contribution in [3.05, 3.63) is 26.8 Å². The number of aromatic hydroxyl groups is 1. The lowest BCUT2D eigenvalue weighted by molar-refractivity contribution is 0.0534. The third-order valence-electron chi connectivity index (χ3n) is 1.79. The maximum absolute atomic E-state index is 11.0. The summed E-state index contributed by atoms with van der Waals surface area (Å²) < 4.78 is 5.51. The van der Waals surface area contributed by atoms with Gasteiger partial charge in [-0.2, -0.15) is 0 Å². The predicted octanol–water partition coefficient (Wildman–Crippen LogP) is 1.67. The van der Waals surface area contributed by atoms with Crippen LogP contribution >= 0.6 is 22.6 Å². The molecule has 0 unspecified atom stereocenters. The van der Waals surface area contributed by atoms with E-state index in [4.69, 9.17) is 4.74 Å². The molecule has 0 amide bonds. The van der Waals surface area contributed by atoms with Crippen LogP contribution in [0.3, 0.4) is 0 Å². The van der Waals surface area contributed by atoms with Crippen LogP contribution in [0.2, 0.25) is 0 Å². The van der Waals surface area contributed by atoms with Crippen molar-refractivity contribution < 1.29 is 14.6 Å². The van der Waals surface area contributed by atoms with Gasteiger partial charge in [0.05, 0.1) is 9.13 Å². The van der Waals surface area contributed by atoms with Crippen molar-refractivity contribution in [1.82, 2.24) is 0 Å². The summed E-state index contributed by atoms with van der Waals surface area (Å²) in [6.45, 7) is 0.279. The minimum Gasteiger partial charge on any atom is -0.507 e. The number of ether oxygens (including phenoxy) is 1. The van der Waals surface area contributed by atoms with E-state index in [0.717, 1.165) is 5.56 Å². The molecule has 3 nitrogen and oxygen atoms in total. The number of phenols is 1. The van der Waals surface area contributed by atoms with Gasteiger partial charge in [0.2, 0.25) is 0 Å². The largest absolute Gasteiger partial charge is 0.507 e. The second kappa shape index (κ2) is 2.62. The van der Waals surface area contributed by atoms with Gasteiger partial charge in [-0.15, -0.1) is 0 Å². The van der Waals surface area contributed by atoms with Gasteiger partial charge >= 0.3 is 5.97 Å². The van der Waals surface area contributed by atoms with Crippen molar-refractivity contribution in [3.63, 3.8) is 0 Å². The number of hydrogen-bond donors (Lipinski definition) is 1. The Morgan fingerprint density at radius 2 is 2.25 bits per heavy atom. The van der Waals surface area contributed by atoms with Gasteiger partial charge in [0.1, 0.15) is 12.4 Å². The van der Waals surface area contributed by atoms with Crippen molar-refractivity contribution in [2.45, 2.75) is 6.61 Å². The highest BCUT2D eigenvalue weighted by Gasteiger charge is 2.24. The third kappa shape index (κ3) is 0.979. The molecule has 0 spiro atoms. The highest BCUT2D eigenvalue weighted by atomic mass is 127. The van der Waals surface area contributed by atoms with Gasteiger partial charge in [0, 0.05) is 5.56 Å². The predicted molar refractivity (Wildman–Crippen MR) is 49.9 cm³/mol. The smallest absolute Gasteiger partial charge is 0.338 e. The van der Waals surface area contributed by atoms with Crippen molar-refractivity contribution in [2.75, 3.05) is 0 Å². The van der Waals surface area contributed by atoms with E-state index in [-0.39, 0.29) is 18.3 Å². The maximum atomic E-state index is 11.0. The van der Waals surface area contributed by atoms with Crippen LogP contribution in [-0.2, 0) is 11.3 Å². The standard InChI is InChI=1S/C8H5IO3/c9-7-5-3-12-8(11)4(5)1-2-6(7)10/h1-2,10H,3H2. The average molecular weight is 276 g/mol. The Morgan fingerprint density at radius 1 is 1.50 bits per heavy atom. The Balaban J connectivity index is 2.68. The SMILES string of the molecule is O=C1OCc2c1ccc(O)c2I. The molecule has 0 saturated heterocycles. The molecule has 1 aliphatic heterocycles. The van der Waals surface area contributed by atoms with Gasteiger partial charge in [0.25, 0.3) is 0 Å². The monoisotopic (exact) mass is 276 g/mol. The summed E-state index contributed by atoms with van der Waals surface area (Å²) in [4.78, 5) is 11.0. The van der Waals surface area contributed by atoms with E-state index in [1.807, 2.05) is 22.6 Å². The fourth-order valence-electron chi connectivity index (χ4n) is 1.16. The molecule has 2 rings (SSSR count). The third-order valence-corrected chi connectivity index (χ3v) is 2.99. The number of halogens is 1. The molecule has 4 heteroatoms. The Morgan fingerprint density at radius 3 is 3.00 bits per heavy atom. The van der Waals surface area contributed by atoms with E-state index in [2.05, 4.69) is 0 Å². The van der Waals surface area contributed by atoms with E-state index < -0.39 is 0 Å². The van der Waals surface area contributed by atoms with Crippen molar-refractivity contribution in [3.8, 4) is 5.75 Å². The molecule has 1 heterocycles. The normalized spacial score (nSPS) is 14.2. The summed E-state index contributed by atoms with van der Waals surface area (Å²) in [5.74, 6) is -0.101. The maximum Gasteiger partial charge on any atom is 0.338 e. The number of cyclic esters (lactones) is 1. The van der Waals surface area contributed by atoms with Crippen molar-refractivity contribution >= 4 is 28.6 Å². The molecule has 0 atom stereocenters. The number of phenolic OH excluding ortho intramolecular Hbond substituents is 1. The Bertz CT molecular complexity index is 360. The Kier molecular flexibility index (Phi) is 1.71. The lowest BCUT2D eigenvalue weighted by Gasteiger charge is -1.99. The summed E-state index contributed by atoms with van der Waals surface area (Å²) in [5.41, 5.74) is 1.36. The summed E-state index contributed by atoms with van der Waals surface area (Å²) in [7, 11) is 0. The highest BCUT2D eigenvalue weighted by molar-refractivity contribution is 14.1. The van der Waals surface area contributed by atoms with Gasteiger partial charge in [-0.3, -0.25) is 0 Å². The molecule has 0 bridgehead atoms. The summed E-state index contributed by atoms with van der Waals surface area (Å²) in [5, 5.41) is 9.30. The molecule has 0 fully saturated rings. The first-order chi connectivity index (χ1) is 5.70. The molecule has 1 aromatic rings. The molecule has 0 aliphatic carbocycles. The van der Waals surface area contributed by atoms with Gasteiger partial charge in [-0.1, -0.05) is 0 Å². The first kappa shape index (κ1) is 7.85. The first-order valence-corrected chi connectivity index (χ1v) is 4.45. The molecule has 1 aromatic carbocycles. The molecule has 1 N–H and O–H groups in total. The summed E-state index contributed by atoms with van der Waals surface area (Å²) >= 11 is 2.00. The first-order valence-electron chi connectivity index (χ1n) is 3.37. The fourth-order valence-corrected chi connectivity index (χ4v) is 1.78. The van der Waals surface area contributed by atoms with Gasteiger partial charge in [-0.25, -0.2) is 4.79 Å². The molecule has 12 heavy (non-hydrogen) atoms. The summed E-state index contributed by atoms with van der Waals surface area (Å²) in [6.07, 6.45) is 0. The van der Waals surface area contributed by atoms with E-state index in [1.165, 1.54) is 6.07 Å². The zero-order chi connectivity index (χ0) is 8.72. The van der Waals surface area contributed by atoms with Crippen LogP contribution in [0.5, 0.6) is 5.75 Å². The van der Waals surface area contributed by atoms with Crippen LogP contribution < -0.4 is 0 Å². The molecule has 0 aromatic heterocycles. The minimum atomic E-state index is -0.303. The number of hydrogen-bond acceptors (Lipinski definition) is 3. The van der Waals surface area contributed by atoms with Gasteiger partial charge in [0.15, 0.2) is 0 Å². The molecular weight excluding hydrogens is 271 g/mol. The average Bonchev–Trinajstić information content (AvgIpc) is 2.41. The fraction of sp³-hybridized carbons (Fsp3) is 0.125. The van der Waals surface area contributed by atoms with Crippen molar-refractivity contribution in [1.29, 1.82) is 0 Å². The topological polar surface area (TPSA) is 46.5 Å². The number of rotatable bonds is 0. The van der Waals surface area contributed by atoms with Crippen LogP contribution in [-0.4, -0.2) is 11.1 Å². The van der Waals surface area contributed by atoms with Gasteiger partial charge in [-0.05, 0) is 34.7 Å². The lowest BCUT2D eigenvalue weighted by Crippen LogP contribution is -1.93. The van der Waals surface area contributed by atoms with Crippen LogP contribution in [0.15, 0.2) is 12.1 Å². The molecule has 1 aliphatic rings. The van der Waals surface area contributed by atoms with E-state index in [0.29, 0.717) is 9.13 Å². The van der Waals surface area contributed by atoms with Crippen LogP contribution in [0.25, 0.3) is 0 Å². The van der Waals surface area contributed by atoms with Crippen LogP contribution in [0.1, 0.15) is 15.9 Å². The number of carbonyl (C=O) groups excluding carboxylic acids is 1. The van der Waals surface area contributed by atoms with E-state index in [1.54, 1.807) is 6.07 Å². The number of fused-ring (bicyclic) bond motifs is 1. The Labute approximate surface area is 82.5 Å². The van der Waals surface area contributed by atoms with Crippen molar-refractivity contribution in [2.24, 2.45) is 0 Å². The lowest BCUT2D eigenvalue weighted by atomic mass is 10.1. The zero-order valence-electron chi connectivity index (χ0n) is 6.00. The summed E-state index contributed by atoms with van der Waals surface area (Å²) in [6, 6.07) is 3.09. The van der Waals surface area contributed by atoms with Crippen LogP contribution in [0, 0.1) is 3.57 Å².